The molecular weight excluding hydrogens is 90.1 g/mol. The van der Waals surface area contributed by atoms with Gasteiger partial charge in [-0.15, -0.1) is 5.10 Å². The average Bonchev–Trinajstić information content (AvgIpc) is 1.91. The van der Waals surface area contributed by atoms with Gasteiger partial charge in [-0.25, -0.2) is 0 Å². The van der Waals surface area contributed by atoms with Gasteiger partial charge in [-0.3, -0.25) is 0 Å². The van der Waals surface area contributed by atoms with E-state index in [-0.39, 0.29) is 0 Å². The van der Waals surface area contributed by atoms with Crippen LogP contribution in [0.1, 0.15) is 0 Å². The minimum Gasteiger partial charge on any atom is -0.382 e. The summed E-state index contributed by atoms with van der Waals surface area (Å²) in [5.74, 6) is 0.417. The van der Waals surface area contributed by atoms with Gasteiger partial charge in [-0.05, 0) is 0 Å². The number of hydrogen-bond acceptors (Lipinski definition) is 3. The van der Waals surface area contributed by atoms with Crippen molar-refractivity contribution >= 4 is 12.1 Å². The normalized spacial score (nSPS) is 17.7. The number of nitrogens with two attached hydrogens (primary N) is 1. The highest BCUT2D eigenvalue weighted by Gasteiger charge is 1.98. The second-order valence-electron chi connectivity index (χ2n) is 1.26. The lowest BCUT2D eigenvalue weighted by Gasteiger charge is -1.82. The fraction of sp³-hybridized carbons (Fsp3) is 0. The molecule has 0 bridgehead atoms. The van der Waals surface area contributed by atoms with Crippen LogP contribution in [0.25, 0.3) is 0 Å². The van der Waals surface area contributed by atoms with E-state index in [9.17, 15) is 0 Å². The molecule has 0 atom stereocenters. The summed E-state index contributed by atoms with van der Waals surface area (Å²) < 4.78 is 0. The van der Waals surface area contributed by atoms with Gasteiger partial charge in [0.05, 0.1) is 6.21 Å². The first-order valence-electron chi connectivity index (χ1n) is 1.86. The van der Waals surface area contributed by atoms with Crippen LogP contribution in [-0.4, -0.2) is 12.1 Å². The molecule has 3 nitrogen and oxygen atoms in total. The van der Waals surface area contributed by atoms with E-state index in [1.165, 1.54) is 6.21 Å². The monoisotopic (exact) mass is 95.0 g/mol. The number of hydrogen-bond donors (Lipinski definition) is 1. The van der Waals surface area contributed by atoms with Crippen LogP contribution < -0.4 is 5.73 Å². The Kier molecular flexibility index (Phi) is 0.685. The highest BCUT2D eigenvalue weighted by molar-refractivity contribution is 6.16. The topological polar surface area (TPSA) is 50.7 Å². The van der Waals surface area contributed by atoms with Gasteiger partial charge in [0, 0.05) is 5.57 Å². The van der Waals surface area contributed by atoms with Gasteiger partial charge in [0.2, 0.25) is 0 Å². The van der Waals surface area contributed by atoms with E-state index in [1.54, 1.807) is 0 Å². The lowest BCUT2D eigenvalue weighted by molar-refractivity contribution is 1.27. The van der Waals surface area contributed by atoms with Gasteiger partial charge < -0.3 is 5.73 Å². The summed E-state index contributed by atoms with van der Waals surface area (Å²) >= 11 is 0. The molecule has 36 valence electrons. The van der Waals surface area contributed by atoms with E-state index >= 15 is 0 Å². The second-order valence-corrected chi connectivity index (χ2v) is 1.26. The molecule has 1 heterocycles. The summed E-state index contributed by atoms with van der Waals surface area (Å²) in [6.45, 7) is 3.53. The first-order chi connectivity index (χ1) is 3.30. The largest absolute Gasteiger partial charge is 0.382 e. The molecule has 1 aliphatic heterocycles. The number of amidine groups is 1. The summed E-state index contributed by atoms with van der Waals surface area (Å²) in [5, 5.41) is 6.97. The van der Waals surface area contributed by atoms with Crippen LogP contribution in [0.2, 0.25) is 0 Å². The molecule has 0 saturated heterocycles. The molecule has 0 fully saturated rings. The molecule has 0 aliphatic carbocycles. The summed E-state index contributed by atoms with van der Waals surface area (Å²) in [6.07, 6.45) is 1.52. The molecule has 1 aliphatic rings. The highest BCUT2D eigenvalue weighted by atomic mass is 15.2. The van der Waals surface area contributed by atoms with Crippen molar-refractivity contribution in [2.75, 3.05) is 0 Å². The Morgan fingerprint density at radius 3 is 2.57 bits per heavy atom. The van der Waals surface area contributed by atoms with Crippen molar-refractivity contribution in [3.8, 4) is 0 Å². The SMILES string of the molecule is C=C1C=NN=C1N. The highest BCUT2D eigenvalue weighted by Crippen LogP contribution is 1.93. The van der Waals surface area contributed by atoms with Gasteiger partial charge in [0.1, 0.15) is 0 Å². The van der Waals surface area contributed by atoms with Crippen molar-refractivity contribution in [3.63, 3.8) is 0 Å². The van der Waals surface area contributed by atoms with E-state index in [1.807, 2.05) is 0 Å². The lowest BCUT2D eigenvalue weighted by atomic mass is 10.3. The Morgan fingerprint density at radius 1 is 1.71 bits per heavy atom. The van der Waals surface area contributed by atoms with Crippen LogP contribution in [0, 0.1) is 0 Å². The van der Waals surface area contributed by atoms with E-state index in [0.29, 0.717) is 11.4 Å². The van der Waals surface area contributed by atoms with Gasteiger partial charge in [-0.2, -0.15) is 5.10 Å². The molecule has 2 N–H and O–H groups in total. The number of rotatable bonds is 0. The summed E-state index contributed by atoms with van der Waals surface area (Å²) in [5.41, 5.74) is 5.90. The first-order valence-corrected chi connectivity index (χ1v) is 1.86. The Hall–Kier alpha value is -1.12. The van der Waals surface area contributed by atoms with Crippen LogP contribution >= 0.6 is 0 Å². The third-order valence-corrected chi connectivity index (χ3v) is 0.708. The van der Waals surface area contributed by atoms with Crippen LogP contribution in [-0.2, 0) is 0 Å². The molecule has 0 spiro atoms. The van der Waals surface area contributed by atoms with Crippen LogP contribution in [0.3, 0.4) is 0 Å². The van der Waals surface area contributed by atoms with Crippen molar-refractivity contribution in [2.45, 2.75) is 0 Å². The van der Waals surface area contributed by atoms with Crippen molar-refractivity contribution in [1.82, 2.24) is 0 Å². The van der Waals surface area contributed by atoms with E-state index in [4.69, 9.17) is 5.73 Å². The van der Waals surface area contributed by atoms with E-state index in [2.05, 4.69) is 16.8 Å². The Morgan fingerprint density at radius 2 is 2.43 bits per heavy atom. The predicted molar refractivity (Wildman–Crippen MR) is 29.3 cm³/mol. The van der Waals surface area contributed by atoms with Gasteiger partial charge in [0.25, 0.3) is 0 Å². The zero-order chi connectivity index (χ0) is 5.28. The molecule has 0 aromatic carbocycles. The summed E-state index contributed by atoms with van der Waals surface area (Å²) in [7, 11) is 0. The van der Waals surface area contributed by atoms with Crippen molar-refractivity contribution in [2.24, 2.45) is 15.9 Å². The lowest BCUT2D eigenvalue weighted by Crippen LogP contribution is -2.10. The Balaban J connectivity index is 2.89. The Labute approximate surface area is 41.2 Å². The quantitative estimate of drug-likeness (QED) is 0.448. The zero-order valence-corrected chi connectivity index (χ0v) is 3.76. The van der Waals surface area contributed by atoms with Crippen LogP contribution in [0.15, 0.2) is 22.4 Å². The van der Waals surface area contributed by atoms with Crippen molar-refractivity contribution in [1.29, 1.82) is 0 Å². The van der Waals surface area contributed by atoms with Crippen LogP contribution in [0.4, 0.5) is 0 Å². The molecule has 0 amide bonds. The van der Waals surface area contributed by atoms with Crippen molar-refractivity contribution < 1.29 is 0 Å². The van der Waals surface area contributed by atoms with Gasteiger partial charge in [0.15, 0.2) is 5.84 Å². The second kappa shape index (κ2) is 1.18. The van der Waals surface area contributed by atoms with Gasteiger partial charge in [-0.1, -0.05) is 6.58 Å². The fourth-order valence-electron chi connectivity index (χ4n) is 0.291. The maximum Gasteiger partial charge on any atom is 0.154 e. The summed E-state index contributed by atoms with van der Waals surface area (Å²) in [4.78, 5) is 0. The average molecular weight is 95.1 g/mol. The van der Waals surface area contributed by atoms with Crippen molar-refractivity contribution in [3.05, 3.63) is 12.2 Å². The third kappa shape index (κ3) is 0.513. The molecule has 0 aromatic heterocycles. The van der Waals surface area contributed by atoms with Gasteiger partial charge >= 0.3 is 0 Å². The maximum absolute atomic E-state index is 5.20. The predicted octanol–water partition coefficient (Wildman–Crippen LogP) is -0.101. The zero-order valence-electron chi connectivity index (χ0n) is 3.76. The minimum atomic E-state index is 0.417. The molecule has 3 heteroatoms. The third-order valence-electron chi connectivity index (χ3n) is 0.708. The first kappa shape index (κ1) is 4.05. The molecule has 7 heavy (non-hydrogen) atoms. The molecule has 0 unspecified atom stereocenters. The molecule has 1 rings (SSSR count). The fourth-order valence-corrected chi connectivity index (χ4v) is 0.291. The number of nitrogens with zero attached hydrogens (tertiary/aromatic N) is 2. The maximum atomic E-state index is 5.20. The molecule has 0 saturated carbocycles. The summed E-state index contributed by atoms with van der Waals surface area (Å²) in [6, 6.07) is 0. The van der Waals surface area contributed by atoms with E-state index < -0.39 is 0 Å². The molecular formula is C4H5N3. The standard InChI is InChI=1S/C4H5N3/c1-3-2-6-7-4(3)5/h2H,1H2,(H2,5,7). The van der Waals surface area contributed by atoms with E-state index in [0.717, 1.165) is 0 Å². The molecule has 0 radical (unpaired) electrons. The molecule has 0 aromatic rings. The Bertz CT molecular complexity index is 154. The van der Waals surface area contributed by atoms with Crippen LogP contribution in [0.5, 0.6) is 0 Å². The smallest absolute Gasteiger partial charge is 0.154 e. The minimum absolute atomic E-state index is 0.417.